The van der Waals surface area contributed by atoms with Crippen LogP contribution in [0.25, 0.3) is 0 Å². The first-order valence-electron chi connectivity index (χ1n) is 5.18. The average molecular weight is 260 g/mol. The lowest BCUT2D eigenvalue weighted by Gasteiger charge is -2.18. The zero-order valence-corrected chi connectivity index (χ0v) is 10.3. The Kier molecular flexibility index (Phi) is 5.01. The third-order valence-electron chi connectivity index (χ3n) is 2.59. The van der Waals surface area contributed by atoms with Gasteiger partial charge in [0.1, 0.15) is 0 Å². The zero-order chi connectivity index (χ0) is 12.9. The third-order valence-corrected chi connectivity index (χ3v) is 2.59. The van der Waals surface area contributed by atoms with Crippen molar-refractivity contribution in [3.8, 4) is 0 Å². The van der Waals surface area contributed by atoms with Gasteiger partial charge in [0.25, 0.3) is 0 Å². The van der Waals surface area contributed by atoms with Crippen molar-refractivity contribution in [2.24, 2.45) is 0 Å². The Morgan fingerprint density at radius 2 is 2.12 bits per heavy atom. The molecule has 1 aromatic heterocycles. The number of nitrogens with zero attached hydrogens (tertiary/aromatic N) is 2. The van der Waals surface area contributed by atoms with Crippen LogP contribution in [0.1, 0.15) is 24.4 Å². The second-order valence-electron chi connectivity index (χ2n) is 3.87. The molecule has 0 aliphatic carbocycles. The lowest BCUT2D eigenvalue weighted by Crippen LogP contribution is -2.17. The molecule has 1 saturated heterocycles. The highest BCUT2D eigenvalue weighted by Crippen LogP contribution is 2.29. The molecule has 0 spiro atoms. The SMILES string of the molecule is CN1CCC[C@H]1c1cccnc1.O=S(=O)(O)O. The zero-order valence-electron chi connectivity index (χ0n) is 9.52. The van der Waals surface area contributed by atoms with E-state index < -0.39 is 10.4 Å². The molecule has 0 aromatic carbocycles. The van der Waals surface area contributed by atoms with Crippen LogP contribution >= 0.6 is 0 Å². The van der Waals surface area contributed by atoms with Crippen LogP contribution in [0.5, 0.6) is 0 Å². The maximum atomic E-state index is 8.74. The van der Waals surface area contributed by atoms with Gasteiger partial charge in [-0.25, -0.2) is 0 Å². The van der Waals surface area contributed by atoms with Crippen LogP contribution in [-0.2, 0) is 10.4 Å². The summed E-state index contributed by atoms with van der Waals surface area (Å²) in [7, 11) is -2.48. The van der Waals surface area contributed by atoms with E-state index in [2.05, 4.69) is 23.0 Å². The smallest absolute Gasteiger partial charge is 0.299 e. The Morgan fingerprint density at radius 1 is 1.47 bits per heavy atom. The second-order valence-corrected chi connectivity index (χ2v) is 4.77. The van der Waals surface area contributed by atoms with E-state index in [9.17, 15) is 0 Å². The van der Waals surface area contributed by atoms with E-state index in [1.807, 2.05) is 18.5 Å². The lowest BCUT2D eigenvalue weighted by molar-refractivity contribution is 0.317. The molecule has 0 unspecified atom stereocenters. The summed E-state index contributed by atoms with van der Waals surface area (Å²) in [4.78, 5) is 6.54. The summed E-state index contributed by atoms with van der Waals surface area (Å²) in [6.45, 7) is 1.22. The summed E-state index contributed by atoms with van der Waals surface area (Å²) < 4.78 is 31.6. The van der Waals surface area contributed by atoms with Gasteiger partial charge in [0.05, 0.1) is 0 Å². The molecule has 1 aliphatic heterocycles. The van der Waals surface area contributed by atoms with Gasteiger partial charge in [0.2, 0.25) is 0 Å². The molecule has 2 heterocycles. The first-order chi connectivity index (χ1) is 7.88. The molecule has 1 atom stereocenters. The average Bonchev–Trinajstić information content (AvgIpc) is 2.63. The first kappa shape index (κ1) is 14.0. The van der Waals surface area contributed by atoms with Gasteiger partial charge >= 0.3 is 10.4 Å². The standard InChI is InChI=1S/C10H14N2.H2O4S/c1-12-7-3-5-10(12)9-4-2-6-11-8-9;1-5(2,3)4/h2,4,6,8,10H,3,5,7H2,1H3;(H2,1,2,3,4)/t10-;/m0./s1. The maximum absolute atomic E-state index is 8.74. The van der Waals surface area contributed by atoms with Gasteiger partial charge in [-0.05, 0) is 38.1 Å². The molecule has 1 aromatic rings. The van der Waals surface area contributed by atoms with Gasteiger partial charge < -0.3 is 0 Å². The lowest BCUT2D eigenvalue weighted by atomic mass is 10.1. The molecule has 0 radical (unpaired) electrons. The van der Waals surface area contributed by atoms with E-state index >= 15 is 0 Å². The highest BCUT2D eigenvalue weighted by atomic mass is 32.3. The fourth-order valence-corrected chi connectivity index (χ4v) is 1.90. The van der Waals surface area contributed by atoms with Crippen molar-refractivity contribution in [1.82, 2.24) is 9.88 Å². The summed E-state index contributed by atoms with van der Waals surface area (Å²) in [6.07, 6.45) is 6.41. The molecular weight excluding hydrogens is 244 g/mol. The second kappa shape index (κ2) is 6.06. The van der Waals surface area contributed by atoms with E-state index in [1.54, 1.807) is 0 Å². The molecular formula is C10H16N2O4S. The van der Waals surface area contributed by atoms with E-state index in [0.29, 0.717) is 6.04 Å². The van der Waals surface area contributed by atoms with Crippen molar-refractivity contribution in [2.75, 3.05) is 13.6 Å². The summed E-state index contributed by atoms with van der Waals surface area (Å²) >= 11 is 0. The summed E-state index contributed by atoms with van der Waals surface area (Å²) in [5.41, 5.74) is 1.36. The van der Waals surface area contributed by atoms with Crippen LogP contribution in [0.15, 0.2) is 24.5 Å². The Hall–Kier alpha value is -1.02. The predicted octanol–water partition coefficient (Wildman–Crippen LogP) is 1.20. The van der Waals surface area contributed by atoms with Crippen LogP contribution in [0.4, 0.5) is 0 Å². The summed E-state index contributed by atoms with van der Waals surface area (Å²) in [5, 5.41) is 0. The Labute approximate surface area is 101 Å². The van der Waals surface area contributed by atoms with E-state index in [-0.39, 0.29) is 0 Å². The Balaban J connectivity index is 0.000000249. The van der Waals surface area contributed by atoms with E-state index in [1.165, 1.54) is 24.9 Å². The highest BCUT2D eigenvalue weighted by molar-refractivity contribution is 7.79. The minimum Gasteiger partial charge on any atom is -0.299 e. The molecule has 0 bridgehead atoms. The Bertz CT molecular complexity index is 427. The molecule has 0 amide bonds. The molecule has 6 nitrogen and oxygen atoms in total. The molecule has 17 heavy (non-hydrogen) atoms. The van der Waals surface area contributed by atoms with Crippen LogP contribution in [0.2, 0.25) is 0 Å². The highest BCUT2D eigenvalue weighted by Gasteiger charge is 2.21. The van der Waals surface area contributed by atoms with Crippen molar-refractivity contribution in [2.45, 2.75) is 18.9 Å². The number of rotatable bonds is 1. The van der Waals surface area contributed by atoms with Crippen LogP contribution in [0, 0.1) is 0 Å². The van der Waals surface area contributed by atoms with E-state index in [0.717, 1.165) is 0 Å². The van der Waals surface area contributed by atoms with Gasteiger partial charge in [0.15, 0.2) is 0 Å². The number of hydrogen-bond donors (Lipinski definition) is 2. The summed E-state index contributed by atoms with van der Waals surface area (Å²) in [6, 6.07) is 4.79. The molecule has 0 saturated carbocycles. The molecule has 96 valence electrons. The normalized spacial score (nSPS) is 20.8. The molecule has 2 N–H and O–H groups in total. The molecule has 7 heteroatoms. The number of aromatic nitrogens is 1. The van der Waals surface area contributed by atoms with Gasteiger partial charge in [-0.2, -0.15) is 8.42 Å². The predicted molar refractivity (Wildman–Crippen MR) is 63.0 cm³/mol. The number of hydrogen-bond acceptors (Lipinski definition) is 4. The van der Waals surface area contributed by atoms with Crippen molar-refractivity contribution >= 4 is 10.4 Å². The fraction of sp³-hybridized carbons (Fsp3) is 0.500. The number of pyridine rings is 1. The van der Waals surface area contributed by atoms with E-state index in [4.69, 9.17) is 17.5 Å². The molecule has 1 aliphatic rings. The van der Waals surface area contributed by atoms with Gasteiger partial charge in [-0.15, -0.1) is 0 Å². The summed E-state index contributed by atoms with van der Waals surface area (Å²) in [5.74, 6) is 0. The van der Waals surface area contributed by atoms with Crippen molar-refractivity contribution in [3.05, 3.63) is 30.1 Å². The largest absolute Gasteiger partial charge is 0.394 e. The van der Waals surface area contributed by atoms with Gasteiger partial charge in [-0.1, -0.05) is 6.07 Å². The minimum absolute atomic E-state index is 0.610. The maximum Gasteiger partial charge on any atom is 0.394 e. The minimum atomic E-state index is -4.67. The quantitative estimate of drug-likeness (QED) is 0.737. The van der Waals surface area contributed by atoms with Crippen LogP contribution in [0.3, 0.4) is 0 Å². The topological polar surface area (TPSA) is 90.7 Å². The van der Waals surface area contributed by atoms with Gasteiger partial charge in [-0.3, -0.25) is 19.0 Å². The first-order valence-corrected chi connectivity index (χ1v) is 6.57. The van der Waals surface area contributed by atoms with Crippen LogP contribution < -0.4 is 0 Å². The van der Waals surface area contributed by atoms with Crippen molar-refractivity contribution in [3.63, 3.8) is 0 Å². The van der Waals surface area contributed by atoms with Crippen LogP contribution in [-0.4, -0.2) is 41.0 Å². The van der Waals surface area contributed by atoms with Crippen molar-refractivity contribution < 1.29 is 17.5 Å². The molecule has 2 rings (SSSR count). The monoisotopic (exact) mass is 260 g/mol. The fourth-order valence-electron chi connectivity index (χ4n) is 1.90. The van der Waals surface area contributed by atoms with Gasteiger partial charge in [0, 0.05) is 18.4 Å². The third kappa shape index (κ3) is 5.73. The van der Waals surface area contributed by atoms with Crippen molar-refractivity contribution in [1.29, 1.82) is 0 Å². The Morgan fingerprint density at radius 3 is 2.53 bits per heavy atom. The molecule has 1 fully saturated rings. The number of likely N-dealkylation sites (tertiary alicyclic amines) is 1.